The van der Waals surface area contributed by atoms with Crippen LogP contribution in [0.2, 0.25) is 0 Å². The van der Waals surface area contributed by atoms with Crippen LogP contribution in [0.25, 0.3) is 0 Å². The van der Waals surface area contributed by atoms with Crippen molar-refractivity contribution >= 4 is 22.7 Å². The molecule has 1 heterocycles. The fourth-order valence-corrected chi connectivity index (χ4v) is 3.00. The molecule has 1 unspecified atom stereocenters. The minimum atomic E-state index is -0.439. The molecule has 2 aromatic rings. The van der Waals surface area contributed by atoms with Crippen LogP contribution in [-0.2, 0) is 0 Å². The van der Waals surface area contributed by atoms with Gasteiger partial charge in [0.1, 0.15) is 0 Å². The summed E-state index contributed by atoms with van der Waals surface area (Å²) >= 11 is 1.67. The SMILES string of the molecule is COc1ccc(NC(C)c2sccc2C)cc1[N+](=O)[O-]. The largest absolute Gasteiger partial charge is 0.490 e. The molecular weight excluding hydrogens is 276 g/mol. The van der Waals surface area contributed by atoms with E-state index in [4.69, 9.17) is 4.74 Å². The summed E-state index contributed by atoms with van der Waals surface area (Å²) in [6, 6.07) is 7.05. The zero-order chi connectivity index (χ0) is 14.7. The maximum atomic E-state index is 11.0. The van der Waals surface area contributed by atoms with Crippen molar-refractivity contribution in [2.75, 3.05) is 12.4 Å². The maximum absolute atomic E-state index is 11.0. The van der Waals surface area contributed by atoms with Crippen LogP contribution in [-0.4, -0.2) is 12.0 Å². The van der Waals surface area contributed by atoms with Crippen molar-refractivity contribution in [2.24, 2.45) is 0 Å². The molecule has 0 saturated carbocycles. The number of methoxy groups -OCH3 is 1. The van der Waals surface area contributed by atoms with E-state index >= 15 is 0 Å². The number of aryl methyl sites for hydroxylation is 1. The van der Waals surface area contributed by atoms with E-state index in [1.807, 2.05) is 12.3 Å². The average Bonchev–Trinajstić information content (AvgIpc) is 2.85. The van der Waals surface area contributed by atoms with E-state index in [0.29, 0.717) is 5.69 Å². The second kappa shape index (κ2) is 5.92. The molecule has 0 saturated heterocycles. The smallest absolute Gasteiger partial charge is 0.312 e. The molecular formula is C14H16N2O3S. The fourth-order valence-electron chi connectivity index (χ4n) is 2.07. The third kappa shape index (κ3) is 2.91. The van der Waals surface area contributed by atoms with Crippen LogP contribution < -0.4 is 10.1 Å². The summed E-state index contributed by atoms with van der Waals surface area (Å²) in [6.45, 7) is 4.09. The quantitative estimate of drug-likeness (QED) is 0.664. The minimum absolute atomic E-state index is 0.0346. The Morgan fingerprint density at radius 2 is 2.15 bits per heavy atom. The Bertz CT molecular complexity index is 625. The number of nitrogens with zero attached hydrogens (tertiary/aromatic N) is 1. The standard InChI is InChI=1S/C14H16N2O3S/c1-9-6-7-20-14(9)10(2)15-11-4-5-13(19-3)12(8-11)16(17)18/h4-8,10,15H,1-3H3. The molecule has 0 spiro atoms. The van der Waals surface area contributed by atoms with Crippen LogP contribution in [0.15, 0.2) is 29.6 Å². The number of nitrogens with one attached hydrogen (secondary N) is 1. The third-order valence-corrected chi connectivity index (χ3v) is 4.26. The maximum Gasteiger partial charge on any atom is 0.312 e. The molecule has 5 nitrogen and oxygen atoms in total. The number of ether oxygens (including phenoxy) is 1. The molecule has 0 amide bonds. The summed E-state index contributed by atoms with van der Waals surface area (Å²) in [5, 5.41) is 16.3. The number of nitro groups is 1. The lowest BCUT2D eigenvalue weighted by Gasteiger charge is -2.15. The summed E-state index contributed by atoms with van der Waals surface area (Å²) in [5.74, 6) is 0.264. The Kier molecular flexibility index (Phi) is 4.24. The first-order chi connectivity index (χ1) is 9.52. The molecule has 1 aromatic heterocycles. The van der Waals surface area contributed by atoms with Gasteiger partial charge in [0.15, 0.2) is 5.75 Å². The van der Waals surface area contributed by atoms with Gasteiger partial charge in [-0.15, -0.1) is 11.3 Å². The van der Waals surface area contributed by atoms with E-state index in [-0.39, 0.29) is 17.5 Å². The van der Waals surface area contributed by atoms with E-state index in [2.05, 4.69) is 18.3 Å². The van der Waals surface area contributed by atoms with Crippen molar-refractivity contribution in [3.05, 3.63) is 50.2 Å². The lowest BCUT2D eigenvalue weighted by Crippen LogP contribution is -2.06. The lowest BCUT2D eigenvalue weighted by atomic mass is 10.1. The van der Waals surface area contributed by atoms with Crippen molar-refractivity contribution in [3.63, 3.8) is 0 Å². The average molecular weight is 292 g/mol. The van der Waals surface area contributed by atoms with Crippen LogP contribution in [0.5, 0.6) is 5.75 Å². The van der Waals surface area contributed by atoms with E-state index in [1.54, 1.807) is 23.5 Å². The van der Waals surface area contributed by atoms with Crippen molar-refractivity contribution in [2.45, 2.75) is 19.9 Å². The van der Waals surface area contributed by atoms with Crippen LogP contribution in [0.3, 0.4) is 0 Å². The van der Waals surface area contributed by atoms with Gasteiger partial charge in [-0.3, -0.25) is 10.1 Å². The van der Waals surface area contributed by atoms with Crippen molar-refractivity contribution in [1.29, 1.82) is 0 Å². The van der Waals surface area contributed by atoms with Gasteiger partial charge in [-0.05, 0) is 43.0 Å². The minimum Gasteiger partial charge on any atom is -0.490 e. The summed E-state index contributed by atoms with van der Waals surface area (Å²) in [7, 11) is 1.42. The first-order valence-corrected chi connectivity index (χ1v) is 7.04. The van der Waals surface area contributed by atoms with E-state index < -0.39 is 4.92 Å². The number of hydrogen-bond acceptors (Lipinski definition) is 5. The van der Waals surface area contributed by atoms with Gasteiger partial charge in [0.2, 0.25) is 0 Å². The van der Waals surface area contributed by atoms with Crippen LogP contribution >= 0.6 is 11.3 Å². The van der Waals surface area contributed by atoms with E-state index in [9.17, 15) is 10.1 Å². The number of benzene rings is 1. The molecule has 0 fully saturated rings. The Morgan fingerprint density at radius 3 is 2.70 bits per heavy atom. The molecule has 0 aliphatic heterocycles. The van der Waals surface area contributed by atoms with Gasteiger partial charge in [0.25, 0.3) is 0 Å². The highest BCUT2D eigenvalue weighted by molar-refractivity contribution is 7.10. The fraction of sp³-hybridized carbons (Fsp3) is 0.286. The van der Waals surface area contributed by atoms with Gasteiger partial charge in [0, 0.05) is 16.6 Å². The van der Waals surface area contributed by atoms with Crippen molar-refractivity contribution < 1.29 is 9.66 Å². The van der Waals surface area contributed by atoms with E-state index in [1.165, 1.54) is 23.6 Å². The normalized spacial score (nSPS) is 11.9. The predicted molar refractivity (Wildman–Crippen MR) is 80.7 cm³/mol. The molecule has 1 N–H and O–H groups in total. The first kappa shape index (κ1) is 14.3. The van der Waals surface area contributed by atoms with Gasteiger partial charge in [-0.25, -0.2) is 0 Å². The summed E-state index contributed by atoms with van der Waals surface area (Å²) < 4.78 is 4.99. The number of nitro benzene ring substituents is 1. The summed E-state index contributed by atoms with van der Waals surface area (Å²) in [4.78, 5) is 11.8. The zero-order valence-corrected chi connectivity index (χ0v) is 12.4. The first-order valence-electron chi connectivity index (χ1n) is 6.16. The predicted octanol–water partition coefficient (Wildman–Crippen LogP) is 4.15. The Labute approximate surface area is 121 Å². The highest BCUT2D eigenvalue weighted by atomic mass is 32.1. The van der Waals surface area contributed by atoms with Gasteiger partial charge in [-0.2, -0.15) is 0 Å². The number of hydrogen-bond donors (Lipinski definition) is 1. The number of anilines is 1. The zero-order valence-electron chi connectivity index (χ0n) is 11.5. The monoisotopic (exact) mass is 292 g/mol. The second-order valence-corrected chi connectivity index (χ2v) is 5.43. The van der Waals surface area contributed by atoms with Crippen LogP contribution in [0.1, 0.15) is 23.4 Å². The third-order valence-electron chi connectivity index (χ3n) is 3.05. The topological polar surface area (TPSA) is 64.4 Å². The molecule has 106 valence electrons. The van der Waals surface area contributed by atoms with Gasteiger partial charge >= 0.3 is 5.69 Å². The Hall–Kier alpha value is -2.08. The summed E-state index contributed by atoms with van der Waals surface area (Å²) in [5.41, 5.74) is 1.89. The molecule has 6 heteroatoms. The molecule has 0 bridgehead atoms. The van der Waals surface area contributed by atoms with Crippen molar-refractivity contribution in [3.8, 4) is 5.75 Å². The lowest BCUT2D eigenvalue weighted by molar-refractivity contribution is -0.385. The Morgan fingerprint density at radius 1 is 1.40 bits per heavy atom. The van der Waals surface area contributed by atoms with Gasteiger partial charge < -0.3 is 10.1 Å². The van der Waals surface area contributed by atoms with Crippen LogP contribution in [0.4, 0.5) is 11.4 Å². The number of thiophene rings is 1. The van der Waals surface area contributed by atoms with E-state index in [0.717, 1.165) is 0 Å². The van der Waals surface area contributed by atoms with Gasteiger partial charge in [0.05, 0.1) is 18.1 Å². The summed E-state index contributed by atoms with van der Waals surface area (Å²) in [6.07, 6.45) is 0. The molecule has 20 heavy (non-hydrogen) atoms. The molecule has 2 rings (SSSR count). The van der Waals surface area contributed by atoms with Crippen molar-refractivity contribution in [1.82, 2.24) is 0 Å². The molecule has 0 radical (unpaired) electrons. The van der Waals surface area contributed by atoms with Crippen LogP contribution in [0, 0.1) is 17.0 Å². The molecule has 0 aliphatic rings. The van der Waals surface area contributed by atoms with Gasteiger partial charge in [-0.1, -0.05) is 0 Å². The number of rotatable bonds is 5. The highest BCUT2D eigenvalue weighted by Gasteiger charge is 2.17. The second-order valence-electron chi connectivity index (χ2n) is 4.48. The highest BCUT2D eigenvalue weighted by Crippen LogP contribution is 2.32. The Balaban J connectivity index is 2.24. The molecule has 0 aliphatic carbocycles. The molecule has 1 atom stereocenters. The molecule has 1 aromatic carbocycles.